The van der Waals surface area contributed by atoms with Gasteiger partial charge in [-0.3, -0.25) is 0 Å². The number of para-hydroxylation sites is 1. The van der Waals surface area contributed by atoms with E-state index in [1.807, 2.05) is 30.3 Å². The molecule has 0 saturated carbocycles. The molecule has 86 valence electrons. The summed E-state index contributed by atoms with van der Waals surface area (Å²) >= 11 is 5.24. The van der Waals surface area contributed by atoms with Crippen molar-refractivity contribution in [3.63, 3.8) is 0 Å². The van der Waals surface area contributed by atoms with E-state index in [0.29, 0.717) is 11.2 Å². The van der Waals surface area contributed by atoms with E-state index in [0.717, 1.165) is 31.7 Å². The molecule has 2 N–H and O–H groups in total. The summed E-state index contributed by atoms with van der Waals surface area (Å²) < 4.78 is 5.38. The van der Waals surface area contributed by atoms with Crippen molar-refractivity contribution < 1.29 is 4.74 Å². The highest BCUT2D eigenvalue weighted by Crippen LogP contribution is 2.08. The molecule has 0 aromatic heterocycles. The molecule has 1 unspecified atom stereocenters. The summed E-state index contributed by atoms with van der Waals surface area (Å²) in [5, 5.41) is 7.08. The monoisotopic (exact) mass is 236 g/mol. The van der Waals surface area contributed by atoms with Gasteiger partial charge in [0.15, 0.2) is 5.11 Å². The molecule has 1 aromatic rings. The zero-order valence-corrected chi connectivity index (χ0v) is 9.93. The standard InChI is InChI=1S/C12H16N2OS/c16-12(13-10-5-2-1-3-6-10)14-11-7-4-8-15-9-11/h1-3,5-6,11H,4,7-9H2,(H2,13,14,16). The number of nitrogens with one attached hydrogen (secondary N) is 2. The molecule has 1 saturated heterocycles. The third kappa shape index (κ3) is 3.47. The molecule has 0 radical (unpaired) electrons. The molecule has 1 atom stereocenters. The van der Waals surface area contributed by atoms with Crippen LogP contribution in [0.2, 0.25) is 0 Å². The van der Waals surface area contributed by atoms with E-state index in [-0.39, 0.29) is 0 Å². The molecule has 0 aliphatic carbocycles. The number of rotatable bonds is 2. The molecule has 0 amide bonds. The molecule has 1 aromatic carbocycles. The molecule has 4 heteroatoms. The number of thiocarbonyl (C=S) groups is 1. The van der Waals surface area contributed by atoms with Crippen LogP contribution in [0.15, 0.2) is 30.3 Å². The van der Waals surface area contributed by atoms with Crippen LogP contribution >= 0.6 is 12.2 Å². The Labute approximate surface area is 101 Å². The van der Waals surface area contributed by atoms with E-state index in [2.05, 4.69) is 10.6 Å². The van der Waals surface area contributed by atoms with E-state index >= 15 is 0 Å². The molecule has 3 nitrogen and oxygen atoms in total. The van der Waals surface area contributed by atoms with Crippen molar-refractivity contribution in [1.82, 2.24) is 5.32 Å². The van der Waals surface area contributed by atoms with E-state index in [9.17, 15) is 0 Å². The fourth-order valence-electron chi connectivity index (χ4n) is 1.73. The quantitative estimate of drug-likeness (QED) is 0.771. The number of benzene rings is 1. The average molecular weight is 236 g/mol. The third-order valence-corrected chi connectivity index (χ3v) is 2.75. The van der Waals surface area contributed by atoms with Gasteiger partial charge in [0, 0.05) is 12.3 Å². The summed E-state index contributed by atoms with van der Waals surface area (Å²) in [4.78, 5) is 0. The Morgan fingerprint density at radius 1 is 1.31 bits per heavy atom. The summed E-state index contributed by atoms with van der Waals surface area (Å²) in [7, 11) is 0. The molecule has 1 aliphatic rings. The second-order valence-electron chi connectivity index (χ2n) is 3.88. The highest BCUT2D eigenvalue weighted by molar-refractivity contribution is 7.80. The van der Waals surface area contributed by atoms with Gasteiger partial charge in [0.1, 0.15) is 0 Å². The predicted octanol–water partition coefficient (Wildman–Crippen LogP) is 2.15. The summed E-state index contributed by atoms with van der Waals surface area (Å²) in [6.07, 6.45) is 2.22. The molecular weight excluding hydrogens is 220 g/mol. The third-order valence-electron chi connectivity index (χ3n) is 2.53. The van der Waals surface area contributed by atoms with Crippen LogP contribution in [0.4, 0.5) is 5.69 Å². The summed E-state index contributed by atoms with van der Waals surface area (Å²) in [6.45, 7) is 1.62. The maximum Gasteiger partial charge on any atom is 0.171 e. The molecule has 16 heavy (non-hydrogen) atoms. The number of ether oxygens (including phenoxy) is 1. The van der Waals surface area contributed by atoms with Crippen molar-refractivity contribution in [2.45, 2.75) is 18.9 Å². The Bertz CT molecular complexity index is 336. The zero-order chi connectivity index (χ0) is 11.2. The van der Waals surface area contributed by atoms with Crippen molar-refractivity contribution in [2.24, 2.45) is 0 Å². The van der Waals surface area contributed by atoms with Gasteiger partial charge in [-0.2, -0.15) is 0 Å². The minimum atomic E-state index is 0.345. The van der Waals surface area contributed by atoms with Crippen molar-refractivity contribution in [3.8, 4) is 0 Å². The van der Waals surface area contributed by atoms with Crippen LogP contribution in [-0.4, -0.2) is 24.4 Å². The fourth-order valence-corrected chi connectivity index (χ4v) is 2.01. The van der Waals surface area contributed by atoms with Crippen molar-refractivity contribution in [1.29, 1.82) is 0 Å². The van der Waals surface area contributed by atoms with Gasteiger partial charge in [0.25, 0.3) is 0 Å². The molecular formula is C12H16N2OS. The van der Waals surface area contributed by atoms with Gasteiger partial charge in [-0.15, -0.1) is 0 Å². The highest BCUT2D eigenvalue weighted by Gasteiger charge is 2.14. The van der Waals surface area contributed by atoms with Gasteiger partial charge in [-0.05, 0) is 37.2 Å². The largest absolute Gasteiger partial charge is 0.379 e. The first-order valence-electron chi connectivity index (χ1n) is 5.55. The first kappa shape index (κ1) is 11.4. The van der Waals surface area contributed by atoms with Crippen molar-refractivity contribution >= 4 is 23.0 Å². The van der Waals surface area contributed by atoms with Crippen LogP contribution in [-0.2, 0) is 4.74 Å². The van der Waals surface area contributed by atoms with E-state index in [4.69, 9.17) is 17.0 Å². The topological polar surface area (TPSA) is 33.3 Å². The van der Waals surface area contributed by atoms with Crippen LogP contribution in [0.1, 0.15) is 12.8 Å². The van der Waals surface area contributed by atoms with Gasteiger partial charge in [-0.25, -0.2) is 0 Å². The van der Waals surface area contributed by atoms with Gasteiger partial charge in [0.05, 0.1) is 12.6 Å². The SMILES string of the molecule is S=C(Nc1ccccc1)NC1CCCOC1. The summed E-state index contributed by atoms with van der Waals surface area (Å²) in [6, 6.07) is 10.3. The van der Waals surface area contributed by atoms with Crippen LogP contribution < -0.4 is 10.6 Å². The molecule has 1 fully saturated rings. The summed E-state index contributed by atoms with van der Waals surface area (Å²) in [5.41, 5.74) is 1.01. The lowest BCUT2D eigenvalue weighted by Gasteiger charge is -2.24. The van der Waals surface area contributed by atoms with Gasteiger partial charge in [0.2, 0.25) is 0 Å². The fraction of sp³-hybridized carbons (Fsp3) is 0.417. The lowest BCUT2D eigenvalue weighted by atomic mass is 10.1. The predicted molar refractivity (Wildman–Crippen MR) is 69.6 cm³/mol. The van der Waals surface area contributed by atoms with Crippen LogP contribution in [0.3, 0.4) is 0 Å². The highest BCUT2D eigenvalue weighted by atomic mass is 32.1. The average Bonchev–Trinajstić information content (AvgIpc) is 2.31. The number of hydrogen-bond acceptors (Lipinski definition) is 2. The molecule has 0 bridgehead atoms. The Balaban J connectivity index is 1.80. The van der Waals surface area contributed by atoms with Crippen molar-refractivity contribution in [2.75, 3.05) is 18.5 Å². The van der Waals surface area contributed by atoms with Gasteiger partial charge in [-0.1, -0.05) is 18.2 Å². The van der Waals surface area contributed by atoms with E-state index in [1.165, 1.54) is 0 Å². The second-order valence-corrected chi connectivity index (χ2v) is 4.29. The molecule has 0 spiro atoms. The smallest absolute Gasteiger partial charge is 0.171 e. The van der Waals surface area contributed by atoms with E-state index in [1.54, 1.807) is 0 Å². The first-order chi connectivity index (χ1) is 7.84. The normalized spacial score (nSPS) is 20.1. The van der Waals surface area contributed by atoms with Crippen LogP contribution in [0.5, 0.6) is 0 Å². The van der Waals surface area contributed by atoms with Gasteiger partial charge >= 0.3 is 0 Å². The molecule has 1 heterocycles. The lowest BCUT2D eigenvalue weighted by Crippen LogP contribution is -2.42. The maximum absolute atomic E-state index is 5.38. The Morgan fingerprint density at radius 3 is 2.81 bits per heavy atom. The Hall–Kier alpha value is -1.13. The van der Waals surface area contributed by atoms with Gasteiger partial charge < -0.3 is 15.4 Å². The van der Waals surface area contributed by atoms with Crippen LogP contribution in [0.25, 0.3) is 0 Å². The minimum absolute atomic E-state index is 0.345. The lowest BCUT2D eigenvalue weighted by molar-refractivity contribution is 0.0766. The maximum atomic E-state index is 5.38. The summed E-state index contributed by atoms with van der Waals surface area (Å²) in [5.74, 6) is 0. The van der Waals surface area contributed by atoms with E-state index < -0.39 is 0 Å². The Morgan fingerprint density at radius 2 is 2.12 bits per heavy atom. The number of hydrogen-bond donors (Lipinski definition) is 2. The second kappa shape index (κ2) is 5.82. The minimum Gasteiger partial charge on any atom is -0.379 e. The van der Waals surface area contributed by atoms with Crippen molar-refractivity contribution in [3.05, 3.63) is 30.3 Å². The number of anilines is 1. The van der Waals surface area contributed by atoms with Crippen LogP contribution in [0, 0.1) is 0 Å². The Kier molecular flexibility index (Phi) is 4.13. The molecule has 1 aliphatic heterocycles. The first-order valence-corrected chi connectivity index (χ1v) is 5.96. The zero-order valence-electron chi connectivity index (χ0n) is 9.11. The molecule has 2 rings (SSSR count).